The minimum atomic E-state index is -0.432. The highest BCUT2D eigenvalue weighted by molar-refractivity contribution is 7.11. The van der Waals surface area contributed by atoms with E-state index in [-0.39, 0.29) is 51.0 Å². The van der Waals surface area contributed by atoms with Crippen molar-refractivity contribution >= 4 is 29.1 Å². The van der Waals surface area contributed by atoms with Crippen molar-refractivity contribution in [3.8, 4) is 11.5 Å². The first-order chi connectivity index (χ1) is 17.8. The number of rotatable bonds is 16. The molecule has 0 aliphatic heterocycles. The van der Waals surface area contributed by atoms with Crippen LogP contribution in [-0.2, 0) is 36.8 Å². The minimum absolute atomic E-state index is 0.0222. The number of methoxy groups -OCH3 is 3. The molecule has 204 valence electrons. The third kappa shape index (κ3) is 10.0. The number of carbonyl (C=O) groups excluding carboxylic acids is 3. The molecule has 0 spiro atoms. The van der Waals surface area contributed by atoms with E-state index in [2.05, 4.69) is 0 Å². The summed E-state index contributed by atoms with van der Waals surface area (Å²) in [6.45, 7) is 5.35. The Bertz CT molecular complexity index is 1020. The maximum absolute atomic E-state index is 13.5. The third-order valence-electron chi connectivity index (χ3n) is 5.71. The van der Waals surface area contributed by atoms with Gasteiger partial charge in [-0.2, -0.15) is 0 Å². The second kappa shape index (κ2) is 15.9. The molecule has 0 fully saturated rings. The summed E-state index contributed by atoms with van der Waals surface area (Å²) in [6, 6.07) is 9.74. The van der Waals surface area contributed by atoms with E-state index < -0.39 is 5.97 Å². The number of hydrogen-bond acceptors (Lipinski definition) is 8. The number of carbonyl (C=O) groups is 3. The van der Waals surface area contributed by atoms with Crippen LogP contribution < -0.4 is 9.47 Å². The molecule has 0 aliphatic carbocycles. The smallest absolute Gasteiger partial charge is 0.306 e. The largest absolute Gasteiger partial charge is 0.493 e. The second-order valence-corrected chi connectivity index (χ2v) is 9.75. The monoisotopic (exact) mass is 534 g/mol. The average Bonchev–Trinajstić information content (AvgIpc) is 3.31. The molecule has 0 N–H and O–H groups in total. The Morgan fingerprint density at radius 3 is 2.27 bits per heavy atom. The zero-order valence-corrected chi connectivity index (χ0v) is 23.2. The Labute approximate surface area is 223 Å². The summed E-state index contributed by atoms with van der Waals surface area (Å²) in [5.74, 6) is 0.379. The number of nitrogens with zero attached hydrogens (tertiary/aromatic N) is 2. The van der Waals surface area contributed by atoms with Gasteiger partial charge in [0.05, 0.1) is 46.9 Å². The molecule has 0 radical (unpaired) electrons. The topological polar surface area (TPSA) is 94.6 Å². The van der Waals surface area contributed by atoms with Gasteiger partial charge in [0, 0.05) is 36.4 Å². The normalized spacial score (nSPS) is 10.6. The van der Waals surface area contributed by atoms with E-state index in [9.17, 15) is 14.4 Å². The van der Waals surface area contributed by atoms with Crippen LogP contribution in [0.2, 0.25) is 0 Å². The van der Waals surface area contributed by atoms with Gasteiger partial charge >= 0.3 is 5.97 Å². The van der Waals surface area contributed by atoms with E-state index >= 15 is 0 Å². The fraction of sp³-hybridized carbons (Fsp3) is 0.519. The Morgan fingerprint density at radius 2 is 1.65 bits per heavy atom. The van der Waals surface area contributed by atoms with Crippen LogP contribution >= 0.6 is 11.3 Å². The quantitative estimate of drug-likeness (QED) is 0.305. The van der Waals surface area contributed by atoms with Crippen molar-refractivity contribution < 1.29 is 33.3 Å². The molecular weight excluding hydrogens is 496 g/mol. The van der Waals surface area contributed by atoms with Gasteiger partial charge in [-0.1, -0.05) is 6.07 Å². The third-order valence-corrected chi connectivity index (χ3v) is 6.69. The van der Waals surface area contributed by atoms with Gasteiger partial charge in [-0.05, 0) is 50.1 Å². The number of ether oxygens (including phenoxy) is 4. The van der Waals surface area contributed by atoms with Crippen LogP contribution in [-0.4, -0.2) is 81.8 Å². The lowest BCUT2D eigenvalue weighted by atomic mass is 10.1. The van der Waals surface area contributed by atoms with Gasteiger partial charge < -0.3 is 28.7 Å². The van der Waals surface area contributed by atoms with E-state index in [1.807, 2.05) is 37.3 Å². The van der Waals surface area contributed by atoms with Crippen molar-refractivity contribution in [3.63, 3.8) is 0 Å². The SMILES string of the molecule is CCOC(=O)CCC(=O)N(CCOC)CC(=O)N(CCc1ccc(OC)c(OC)c1)Cc1ccc(C)s1. The fourth-order valence-electron chi connectivity index (χ4n) is 3.71. The summed E-state index contributed by atoms with van der Waals surface area (Å²) in [4.78, 5) is 43.5. The lowest BCUT2D eigenvalue weighted by molar-refractivity contribution is -0.146. The molecule has 0 saturated carbocycles. The molecule has 1 aromatic heterocycles. The van der Waals surface area contributed by atoms with Crippen LogP contribution in [0.25, 0.3) is 0 Å². The Morgan fingerprint density at radius 1 is 0.892 bits per heavy atom. The molecule has 0 saturated heterocycles. The fourth-order valence-corrected chi connectivity index (χ4v) is 4.61. The molecule has 2 amide bonds. The van der Waals surface area contributed by atoms with E-state index in [0.717, 1.165) is 15.3 Å². The predicted molar refractivity (Wildman–Crippen MR) is 142 cm³/mol. The highest BCUT2D eigenvalue weighted by Crippen LogP contribution is 2.28. The first-order valence-electron chi connectivity index (χ1n) is 12.3. The maximum Gasteiger partial charge on any atom is 0.306 e. The number of esters is 1. The predicted octanol–water partition coefficient (Wildman–Crippen LogP) is 3.46. The van der Waals surface area contributed by atoms with E-state index in [0.29, 0.717) is 31.0 Å². The highest BCUT2D eigenvalue weighted by Gasteiger charge is 2.23. The summed E-state index contributed by atoms with van der Waals surface area (Å²) in [6.07, 6.45) is 0.554. The van der Waals surface area contributed by atoms with Gasteiger partial charge in [-0.15, -0.1) is 11.3 Å². The van der Waals surface area contributed by atoms with Crippen LogP contribution in [0.15, 0.2) is 30.3 Å². The summed E-state index contributed by atoms with van der Waals surface area (Å²) >= 11 is 1.64. The zero-order valence-electron chi connectivity index (χ0n) is 22.4. The van der Waals surface area contributed by atoms with E-state index in [1.54, 1.807) is 37.4 Å². The molecule has 0 bridgehead atoms. The number of benzene rings is 1. The average molecular weight is 535 g/mol. The van der Waals surface area contributed by atoms with Crippen LogP contribution in [0.1, 0.15) is 35.1 Å². The highest BCUT2D eigenvalue weighted by atomic mass is 32.1. The van der Waals surface area contributed by atoms with Crippen molar-refractivity contribution in [2.24, 2.45) is 0 Å². The van der Waals surface area contributed by atoms with Crippen molar-refractivity contribution in [2.75, 3.05) is 54.2 Å². The van der Waals surface area contributed by atoms with Crippen molar-refractivity contribution in [3.05, 3.63) is 45.6 Å². The van der Waals surface area contributed by atoms with Crippen LogP contribution in [0.4, 0.5) is 0 Å². The molecule has 37 heavy (non-hydrogen) atoms. The second-order valence-electron chi connectivity index (χ2n) is 8.38. The molecule has 0 atom stereocenters. The molecule has 1 aromatic carbocycles. The molecular formula is C27H38N2O7S. The van der Waals surface area contributed by atoms with E-state index in [1.165, 1.54) is 12.0 Å². The van der Waals surface area contributed by atoms with Gasteiger partial charge in [0.1, 0.15) is 0 Å². The maximum atomic E-state index is 13.5. The Hall–Kier alpha value is -3.11. The summed E-state index contributed by atoms with van der Waals surface area (Å²) in [5.41, 5.74) is 1.000. The van der Waals surface area contributed by atoms with Crippen LogP contribution in [0, 0.1) is 6.92 Å². The number of aryl methyl sites for hydroxylation is 1. The molecule has 2 aromatic rings. The molecule has 1 heterocycles. The standard InChI is InChI=1S/C27H38N2O7S/c1-6-36-27(32)12-11-25(30)29(15-16-33-3)19-26(31)28(18-22-9-7-20(2)37-22)14-13-21-8-10-23(34-4)24(17-21)35-5/h7-10,17H,6,11-16,18-19H2,1-5H3. The zero-order chi connectivity index (χ0) is 27.2. The van der Waals surface area contributed by atoms with E-state index in [4.69, 9.17) is 18.9 Å². The molecule has 10 heteroatoms. The lowest BCUT2D eigenvalue weighted by Crippen LogP contribution is -2.44. The summed E-state index contributed by atoms with van der Waals surface area (Å²) in [7, 11) is 4.71. The molecule has 0 aliphatic rings. The van der Waals surface area contributed by atoms with Crippen LogP contribution in [0.3, 0.4) is 0 Å². The van der Waals surface area contributed by atoms with Crippen molar-refractivity contribution in [1.29, 1.82) is 0 Å². The summed E-state index contributed by atoms with van der Waals surface area (Å²) in [5, 5.41) is 0. The Kier molecular flexibility index (Phi) is 12.9. The Balaban J connectivity index is 2.15. The number of hydrogen-bond donors (Lipinski definition) is 0. The minimum Gasteiger partial charge on any atom is -0.493 e. The van der Waals surface area contributed by atoms with Gasteiger partial charge in [0.25, 0.3) is 0 Å². The van der Waals surface area contributed by atoms with Gasteiger partial charge in [-0.3, -0.25) is 14.4 Å². The number of thiophene rings is 1. The lowest BCUT2D eigenvalue weighted by Gasteiger charge is -2.27. The van der Waals surface area contributed by atoms with Gasteiger partial charge in [0.15, 0.2) is 11.5 Å². The van der Waals surface area contributed by atoms with Crippen molar-refractivity contribution in [1.82, 2.24) is 9.80 Å². The van der Waals surface area contributed by atoms with Crippen molar-refractivity contribution in [2.45, 2.75) is 39.7 Å². The summed E-state index contributed by atoms with van der Waals surface area (Å²) < 4.78 is 20.8. The molecule has 2 rings (SSSR count). The van der Waals surface area contributed by atoms with Crippen LogP contribution in [0.5, 0.6) is 11.5 Å². The molecule has 0 unspecified atom stereocenters. The first-order valence-corrected chi connectivity index (χ1v) is 13.1. The molecule has 9 nitrogen and oxygen atoms in total. The number of amides is 2. The van der Waals surface area contributed by atoms with Gasteiger partial charge in [-0.25, -0.2) is 0 Å². The first kappa shape index (κ1) is 30.1. The van der Waals surface area contributed by atoms with Gasteiger partial charge in [0.2, 0.25) is 11.8 Å².